The van der Waals surface area contributed by atoms with Crippen molar-refractivity contribution in [2.24, 2.45) is 5.41 Å². The van der Waals surface area contributed by atoms with Crippen molar-refractivity contribution < 1.29 is 26.8 Å². The van der Waals surface area contributed by atoms with Crippen molar-refractivity contribution in [1.82, 2.24) is 14.5 Å². The molecular weight excluding hydrogens is 816 g/mol. The summed E-state index contributed by atoms with van der Waals surface area (Å²) in [5.74, 6) is 0. The lowest BCUT2D eigenvalue weighted by Gasteiger charge is -2.44. The second kappa shape index (κ2) is 18.1. The van der Waals surface area contributed by atoms with Crippen molar-refractivity contribution in [3.8, 4) is 22.5 Å². The first-order chi connectivity index (χ1) is 29.1. The van der Waals surface area contributed by atoms with Gasteiger partial charge in [0.1, 0.15) is 18.5 Å². The molecule has 0 amide bonds. The summed E-state index contributed by atoms with van der Waals surface area (Å²) in [6.45, 7) is 25.8. The monoisotopic (exact) mass is 881 g/mol. The normalized spacial score (nSPS) is 13.9. The lowest BCUT2D eigenvalue weighted by atomic mass is 9.84. The van der Waals surface area contributed by atoms with Crippen molar-refractivity contribution >= 4 is 43.2 Å². The molecule has 11 heteroatoms. The van der Waals surface area contributed by atoms with Crippen molar-refractivity contribution in [3.05, 3.63) is 115 Å². The van der Waals surface area contributed by atoms with E-state index in [9.17, 15) is 13.2 Å². The van der Waals surface area contributed by atoms with Gasteiger partial charge in [-0.25, -0.2) is 4.98 Å². The molecule has 3 aromatic heterocycles. The maximum absolute atomic E-state index is 14.9. The Balaban J connectivity index is 1.58. The topological polar surface area (TPSA) is 62.3 Å². The first kappa shape index (κ1) is 47.2. The number of aromatic nitrogens is 3. The molecule has 0 aliphatic carbocycles. The molecule has 1 atom stereocenters. The van der Waals surface area contributed by atoms with E-state index >= 15 is 0 Å². The molecule has 0 aliphatic rings. The predicted molar refractivity (Wildman–Crippen MR) is 254 cm³/mol. The highest BCUT2D eigenvalue weighted by molar-refractivity contribution is 6.99. The third kappa shape index (κ3) is 8.92. The Kier molecular flexibility index (Phi) is 13.7. The molecule has 0 radical (unpaired) electrons. The van der Waals surface area contributed by atoms with Crippen LogP contribution in [0.5, 0.6) is 0 Å². The Hall–Kier alpha value is -4.30. The minimum atomic E-state index is -4.51. The van der Waals surface area contributed by atoms with Gasteiger partial charge in [0, 0.05) is 41.9 Å². The number of rotatable bonds is 16. The van der Waals surface area contributed by atoms with Crippen LogP contribution in [0.4, 0.5) is 13.2 Å². The Morgan fingerprint density at radius 2 is 1.34 bits per heavy atom. The number of oxazole rings is 1. The van der Waals surface area contributed by atoms with Crippen molar-refractivity contribution in [1.29, 1.82) is 0 Å². The molecule has 6 rings (SSSR count). The number of nitrogens with zero attached hydrogens (tertiary/aromatic N) is 3. The van der Waals surface area contributed by atoms with Crippen LogP contribution in [0.3, 0.4) is 0 Å². The van der Waals surface area contributed by atoms with Gasteiger partial charge in [-0.05, 0) is 80.6 Å². The number of hydrogen-bond donors (Lipinski definition) is 0. The summed E-state index contributed by atoms with van der Waals surface area (Å²) in [7, 11) is -3.59. The molecule has 332 valence electrons. The largest absolute Gasteiger partial charge is 0.453 e. The summed E-state index contributed by atoms with van der Waals surface area (Å²) in [6, 6.07) is 30.4. The van der Waals surface area contributed by atoms with E-state index in [2.05, 4.69) is 125 Å². The van der Waals surface area contributed by atoms with E-state index in [0.717, 1.165) is 22.0 Å². The molecule has 0 unspecified atom stereocenters. The number of methoxy groups -OCH3 is 1. The first-order valence-electron chi connectivity index (χ1n) is 22.0. The molecule has 3 aromatic carbocycles. The number of benzene rings is 3. The number of halogens is 3. The number of ether oxygens (including phenoxy) is 1. The molecule has 0 saturated heterocycles. The predicted octanol–water partition coefficient (Wildman–Crippen LogP) is 12.7. The lowest BCUT2D eigenvalue weighted by molar-refractivity contribution is -0.139. The van der Waals surface area contributed by atoms with Crippen LogP contribution in [0.2, 0.25) is 21.7 Å². The van der Waals surface area contributed by atoms with Gasteiger partial charge in [-0.2, -0.15) is 13.2 Å². The summed E-state index contributed by atoms with van der Waals surface area (Å²) in [4.78, 5) is 9.94. The van der Waals surface area contributed by atoms with Crippen LogP contribution in [0.25, 0.3) is 33.4 Å². The quantitative estimate of drug-likeness (QED) is 0.0906. The zero-order chi connectivity index (χ0) is 45.4. The third-order valence-corrected chi connectivity index (χ3v) is 24.8. The number of pyridine rings is 1. The van der Waals surface area contributed by atoms with Crippen molar-refractivity contribution in [2.45, 2.75) is 130 Å². The fourth-order valence-electron chi connectivity index (χ4n) is 10.4. The van der Waals surface area contributed by atoms with Gasteiger partial charge in [-0.3, -0.25) is 4.98 Å². The van der Waals surface area contributed by atoms with E-state index in [1.807, 2.05) is 43.3 Å². The minimum Gasteiger partial charge on any atom is -0.453 e. The Morgan fingerprint density at radius 3 is 1.85 bits per heavy atom. The molecular formula is C51H66F3N3O3Si2. The van der Waals surface area contributed by atoms with E-state index in [-0.39, 0.29) is 5.04 Å². The fraction of sp³-hybridized carbons (Fsp3) is 0.451. The lowest BCUT2D eigenvalue weighted by Crippen LogP contribution is -2.67. The van der Waals surface area contributed by atoms with Gasteiger partial charge in [0.2, 0.25) is 0 Å². The molecule has 0 fully saturated rings. The van der Waals surface area contributed by atoms with E-state index < -0.39 is 40.6 Å². The first-order valence-corrected chi connectivity index (χ1v) is 26.1. The van der Waals surface area contributed by atoms with Gasteiger partial charge in [0.05, 0.1) is 17.5 Å². The second-order valence-electron chi connectivity index (χ2n) is 19.8. The highest BCUT2D eigenvalue weighted by Crippen LogP contribution is 2.45. The smallest absolute Gasteiger partial charge is 0.406 e. The summed E-state index contributed by atoms with van der Waals surface area (Å²) in [6.07, 6.45) is -1.16. The molecule has 0 aliphatic heterocycles. The number of alkyl halides is 3. The van der Waals surface area contributed by atoms with Crippen LogP contribution in [-0.2, 0) is 22.1 Å². The van der Waals surface area contributed by atoms with Crippen LogP contribution in [0.15, 0.2) is 108 Å². The van der Waals surface area contributed by atoms with E-state index in [4.69, 9.17) is 23.5 Å². The summed E-state index contributed by atoms with van der Waals surface area (Å²) >= 11 is 0. The van der Waals surface area contributed by atoms with Gasteiger partial charge in [0.25, 0.3) is 8.32 Å². The average Bonchev–Trinajstić information content (AvgIpc) is 3.80. The van der Waals surface area contributed by atoms with Crippen LogP contribution in [0.1, 0.15) is 100 Å². The summed E-state index contributed by atoms with van der Waals surface area (Å²) < 4.78 is 65.8. The molecule has 0 spiro atoms. The van der Waals surface area contributed by atoms with Crippen LogP contribution < -0.4 is 15.9 Å². The molecule has 0 saturated carbocycles. The van der Waals surface area contributed by atoms with Crippen LogP contribution >= 0.6 is 0 Å². The highest BCUT2D eigenvalue weighted by atomic mass is 28.4. The van der Waals surface area contributed by atoms with Gasteiger partial charge in [-0.15, -0.1) is 0 Å². The number of hydrogen-bond acceptors (Lipinski definition) is 5. The highest BCUT2D eigenvalue weighted by Gasteiger charge is 2.51. The standard InChI is InChI=1S/C51H66F3N3O3Si2/c1-34(2)61(35(3)4,36(5)6)48-56-44(31-59-48)38-26-27-45-42(29-38)43(47(57(45)32-51(52,53)54)41-25-20-28-55-46(41)37(7)58-13)30-50(11,12)33-60-62(49(8,9)10,39-21-16-14-17-22-39)40-23-18-15-19-24-40/h14-29,31,34-37H,30,32-33H2,1-13H3/t37-/m0/s1. The van der Waals surface area contributed by atoms with Crippen LogP contribution in [-0.4, -0.2) is 50.8 Å². The maximum Gasteiger partial charge on any atom is 0.406 e. The zero-order valence-corrected chi connectivity index (χ0v) is 40.9. The molecule has 62 heavy (non-hydrogen) atoms. The molecule has 6 aromatic rings. The molecule has 0 bridgehead atoms. The zero-order valence-electron chi connectivity index (χ0n) is 38.9. The van der Waals surface area contributed by atoms with Gasteiger partial charge >= 0.3 is 6.18 Å². The summed E-state index contributed by atoms with van der Waals surface area (Å²) in [5, 5.41) is 2.81. The van der Waals surface area contributed by atoms with Crippen molar-refractivity contribution in [2.75, 3.05) is 13.7 Å². The Bertz CT molecular complexity index is 2370. The summed E-state index contributed by atoms with van der Waals surface area (Å²) in [5.41, 5.74) is 5.83. The van der Waals surface area contributed by atoms with Crippen molar-refractivity contribution in [3.63, 3.8) is 0 Å². The third-order valence-electron chi connectivity index (χ3n) is 13.1. The maximum atomic E-state index is 14.9. The SMILES string of the molecule is CO[C@@H](C)c1ncccc1-c1c(CC(C)(C)CO[Si](c2ccccc2)(c2ccccc2)C(C)(C)C)c2cc(-c3coc([Si](C(C)C)(C(C)C)C(C)C)n3)ccc2n1CC(F)(F)F. The van der Waals surface area contributed by atoms with Crippen LogP contribution in [0, 0.1) is 5.41 Å². The Labute approximate surface area is 369 Å². The molecule has 0 N–H and O–H groups in total. The van der Waals surface area contributed by atoms with E-state index in [1.54, 1.807) is 25.6 Å². The van der Waals surface area contributed by atoms with Gasteiger partial charge in [-0.1, -0.05) is 143 Å². The molecule has 3 heterocycles. The van der Waals surface area contributed by atoms with E-state index in [1.165, 1.54) is 14.9 Å². The number of fused-ring (bicyclic) bond motifs is 1. The Morgan fingerprint density at radius 1 is 0.758 bits per heavy atom. The minimum absolute atomic E-state index is 0.257. The molecule has 6 nitrogen and oxygen atoms in total. The fourth-order valence-corrected chi connectivity index (χ4v) is 21.2. The average molecular weight is 882 g/mol. The second-order valence-corrected chi connectivity index (χ2v) is 29.9. The van der Waals surface area contributed by atoms with Gasteiger partial charge < -0.3 is 18.1 Å². The van der Waals surface area contributed by atoms with Gasteiger partial charge in [0.15, 0.2) is 13.6 Å². The van der Waals surface area contributed by atoms with E-state index in [0.29, 0.717) is 57.8 Å².